The monoisotopic (exact) mass is 462 g/mol. The van der Waals surface area contributed by atoms with E-state index in [-0.39, 0.29) is 0 Å². The van der Waals surface area contributed by atoms with E-state index < -0.39 is 18.3 Å². The first-order valence-electron chi connectivity index (χ1n) is 11.9. The minimum Gasteiger partial charge on any atom is -0.399 e. The highest BCUT2D eigenvalue weighted by Crippen LogP contribution is 2.39. The molecule has 0 N–H and O–H groups in total. The second-order valence-electron chi connectivity index (χ2n) is 9.45. The molecule has 178 valence electrons. The van der Waals surface area contributed by atoms with Crippen molar-refractivity contribution in [3.05, 3.63) is 140 Å². The van der Waals surface area contributed by atoms with Crippen molar-refractivity contribution in [3.63, 3.8) is 0 Å². The molecule has 0 radical (unpaired) electrons. The average molecular weight is 462 g/mol. The first-order chi connectivity index (χ1) is 16.7. The summed E-state index contributed by atoms with van der Waals surface area (Å²) in [4.78, 5) is 0. The van der Waals surface area contributed by atoms with Crippen molar-refractivity contribution in [2.24, 2.45) is 0 Å². The Morgan fingerprint density at radius 3 is 1.66 bits per heavy atom. The Hall–Kier alpha value is -3.40. The molecule has 35 heavy (non-hydrogen) atoms. The van der Waals surface area contributed by atoms with Crippen LogP contribution < -0.4 is 5.46 Å². The van der Waals surface area contributed by atoms with Gasteiger partial charge in [0.15, 0.2) is 0 Å². The molecule has 1 heterocycles. The maximum absolute atomic E-state index is 6.34. The van der Waals surface area contributed by atoms with Crippen LogP contribution in [0.4, 0.5) is 0 Å². The standard InChI is InChI=1S/C32H35BO2/c1-9-17-24(11-3)29(26-19-14-13-15-20-26)30(25(12-4)18-10-2)27-21-16-22-28(23-27)33-34-31(5,6)32(7,8)35-33/h9-23H,1-4H2,5-8H3/b24-17+,25-18+,30-29-. The number of allylic oxidation sites excluding steroid dienone is 10. The van der Waals surface area contributed by atoms with Crippen molar-refractivity contribution < 1.29 is 9.31 Å². The van der Waals surface area contributed by atoms with E-state index >= 15 is 0 Å². The Balaban J connectivity index is 2.33. The summed E-state index contributed by atoms with van der Waals surface area (Å²) < 4.78 is 12.7. The van der Waals surface area contributed by atoms with Gasteiger partial charge in [-0.2, -0.15) is 0 Å². The van der Waals surface area contributed by atoms with Crippen LogP contribution in [-0.4, -0.2) is 18.3 Å². The van der Waals surface area contributed by atoms with E-state index in [0.29, 0.717) is 0 Å². The zero-order chi connectivity index (χ0) is 25.6. The number of benzene rings is 2. The predicted octanol–water partition coefficient (Wildman–Crippen LogP) is 7.49. The summed E-state index contributed by atoms with van der Waals surface area (Å²) in [6.07, 6.45) is 11.2. The molecule has 3 heteroatoms. The second-order valence-corrected chi connectivity index (χ2v) is 9.45. The summed E-state index contributed by atoms with van der Waals surface area (Å²) in [6, 6.07) is 18.6. The van der Waals surface area contributed by atoms with Crippen molar-refractivity contribution in [2.75, 3.05) is 0 Å². The van der Waals surface area contributed by atoms with Crippen LogP contribution >= 0.6 is 0 Å². The molecule has 2 aromatic carbocycles. The van der Waals surface area contributed by atoms with Crippen molar-refractivity contribution >= 4 is 23.7 Å². The molecular formula is C32H35BO2. The highest BCUT2D eigenvalue weighted by Gasteiger charge is 2.51. The lowest BCUT2D eigenvalue weighted by Gasteiger charge is -2.32. The lowest BCUT2D eigenvalue weighted by atomic mass is 9.76. The zero-order valence-corrected chi connectivity index (χ0v) is 21.4. The lowest BCUT2D eigenvalue weighted by Crippen LogP contribution is -2.41. The minimum absolute atomic E-state index is 0.417. The fourth-order valence-electron chi connectivity index (χ4n) is 4.10. The van der Waals surface area contributed by atoms with Gasteiger partial charge in [0.05, 0.1) is 11.2 Å². The van der Waals surface area contributed by atoms with E-state index in [1.54, 1.807) is 12.2 Å². The normalized spacial score (nSPS) is 18.0. The molecule has 2 nitrogen and oxygen atoms in total. The van der Waals surface area contributed by atoms with Gasteiger partial charge in [0.1, 0.15) is 0 Å². The van der Waals surface area contributed by atoms with Gasteiger partial charge in [-0.05, 0) is 66.6 Å². The summed E-state index contributed by atoms with van der Waals surface area (Å²) in [6.45, 7) is 24.3. The van der Waals surface area contributed by atoms with E-state index in [4.69, 9.17) is 9.31 Å². The van der Waals surface area contributed by atoms with Gasteiger partial charge in [0, 0.05) is 0 Å². The molecule has 0 bridgehead atoms. The van der Waals surface area contributed by atoms with Gasteiger partial charge >= 0.3 is 7.12 Å². The Labute approximate surface area is 211 Å². The molecule has 0 aliphatic carbocycles. The van der Waals surface area contributed by atoms with Crippen LogP contribution in [-0.2, 0) is 9.31 Å². The van der Waals surface area contributed by atoms with Crippen LogP contribution in [0.1, 0.15) is 38.8 Å². The SMILES string of the molecule is C=C/C=C(C=C)/C(=C(\C(C=C)=C\C=C)c1cccc(B2OC(C)(C)C(C)(C)O2)c1)c1ccccc1. The highest BCUT2D eigenvalue weighted by molar-refractivity contribution is 6.62. The number of hydrogen-bond donors (Lipinski definition) is 0. The summed E-state index contributed by atoms with van der Waals surface area (Å²) in [5.41, 5.74) is 6.14. The van der Waals surface area contributed by atoms with Crippen molar-refractivity contribution in [2.45, 2.75) is 38.9 Å². The fourth-order valence-corrected chi connectivity index (χ4v) is 4.10. The maximum Gasteiger partial charge on any atom is 0.494 e. The van der Waals surface area contributed by atoms with Gasteiger partial charge in [-0.25, -0.2) is 0 Å². The van der Waals surface area contributed by atoms with Crippen LogP contribution in [0.2, 0.25) is 0 Å². The Morgan fingerprint density at radius 2 is 1.17 bits per heavy atom. The zero-order valence-electron chi connectivity index (χ0n) is 21.4. The number of rotatable bonds is 9. The molecule has 0 unspecified atom stereocenters. The molecule has 1 aliphatic rings. The Morgan fingerprint density at radius 1 is 0.686 bits per heavy atom. The van der Waals surface area contributed by atoms with Gasteiger partial charge in [0.2, 0.25) is 0 Å². The van der Waals surface area contributed by atoms with Crippen LogP contribution in [0.5, 0.6) is 0 Å². The molecule has 1 aliphatic heterocycles. The van der Waals surface area contributed by atoms with Crippen LogP contribution in [0.25, 0.3) is 11.1 Å². The largest absolute Gasteiger partial charge is 0.494 e. The second kappa shape index (κ2) is 10.9. The van der Waals surface area contributed by atoms with Crippen LogP contribution in [0.15, 0.2) is 129 Å². The number of hydrogen-bond acceptors (Lipinski definition) is 2. The minimum atomic E-state index is -0.459. The predicted molar refractivity (Wildman–Crippen MR) is 152 cm³/mol. The molecule has 0 spiro atoms. The van der Waals surface area contributed by atoms with Gasteiger partial charge in [0.25, 0.3) is 0 Å². The summed E-state index contributed by atoms with van der Waals surface area (Å²) >= 11 is 0. The van der Waals surface area contributed by atoms with E-state index in [0.717, 1.165) is 38.9 Å². The molecular weight excluding hydrogens is 427 g/mol. The smallest absolute Gasteiger partial charge is 0.399 e. The van der Waals surface area contributed by atoms with E-state index in [9.17, 15) is 0 Å². The quantitative estimate of drug-likeness (QED) is 0.218. The molecule has 0 amide bonds. The van der Waals surface area contributed by atoms with Crippen molar-refractivity contribution in [1.29, 1.82) is 0 Å². The topological polar surface area (TPSA) is 18.5 Å². The highest BCUT2D eigenvalue weighted by atomic mass is 16.7. The first-order valence-corrected chi connectivity index (χ1v) is 11.9. The lowest BCUT2D eigenvalue weighted by molar-refractivity contribution is 0.00578. The van der Waals surface area contributed by atoms with Crippen LogP contribution in [0, 0.1) is 0 Å². The summed E-state index contributed by atoms with van der Waals surface area (Å²) in [5, 5.41) is 0. The van der Waals surface area contributed by atoms with Gasteiger partial charge in [-0.15, -0.1) is 0 Å². The van der Waals surface area contributed by atoms with Crippen molar-refractivity contribution in [3.8, 4) is 0 Å². The Kier molecular flexibility index (Phi) is 8.16. The summed E-state index contributed by atoms with van der Waals surface area (Å²) in [5.74, 6) is 0. The Bertz CT molecular complexity index is 1190. The van der Waals surface area contributed by atoms with E-state index in [1.807, 2.05) is 54.6 Å². The van der Waals surface area contributed by atoms with Crippen LogP contribution in [0.3, 0.4) is 0 Å². The van der Waals surface area contributed by atoms with Gasteiger partial charge < -0.3 is 9.31 Å². The molecule has 0 saturated carbocycles. The molecule has 3 rings (SSSR count). The molecule has 1 fully saturated rings. The van der Waals surface area contributed by atoms with Crippen molar-refractivity contribution in [1.82, 2.24) is 0 Å². The van der Waals surface area contributed by atoms with Gasteiger partial charge in [-0.3, -0.25) is 0 Å². The third kappa shape index (κ3) is 5.48. The molecule has 0 atom stereocenters. The molecule has 1 saturated heterocycles. The first kappa shape index (κ1) is 26.2. The van der Waals surface area contributed by atoms with E-state index in [2.05, 4.69) is 78.3 Å². The maximum atomic E-state index is 6.34. The molecule has 0 aromatic heterocycles. The third-order valence-corrected chi connectivity index (χ3v) is 6.63. The average Bonchev–Trinajstić information content (AvgIpc) is 3.07. The van der Waals surface area contributed by atoms with Gasteiger partial charge in [-0.1, -0.05) is 117 Å². The fraction of sp³-hybridized carbons (Fsp3) is 0.188. The molecule has 2 aromatic rings. The summed E-state index contributed by atoms with van der Waals surface area (Å²) in [7, 11) is -0.459. The van der Waals surface area contributed by atoms with E-state index in [1.165, 1.54) is 0 Å². The third-order valence-electron chi connectivity index (χ3n) is 6.63.